The molecule has 158 valence electrons. The molecule has 5 rings (SSSR count). The van der Waals surface area contributed by atoms with E-state index in [1.165, 1.54) is 11.8 Å². The van der Waals surface area contributed by atoms with Crippen LogP contribution in [0.3, 0.4) is 0 Å². The molecular formula is C25H21N5OS. The lowest BCUT2D eigenvalue weighted by atomic mass is 10.1. The number of thioether (sulfide) groups is 1. The van der Waals surface area contributed by atoms with Crippen LogP contribution in [0.5, 0.6) is 0 Å². The van der Waals surface area contributed by atoms with Crippen molar-refractivity contribution in [3.63, 3.8) is 0 Å². The Hall–Kier alpha value is -3.71. The van der Waals surface area contributed by atoms with E-state index in [0.29, 0.717) is 23.9 Å². The van der Waals surface area contributed by atoms with Gasteiger partial charge in [-0.3, -0.25) is 4.79 Å². The first-order valence-electron chi connectivity index (χ1n) is 10.4. The largest absolute Gasteiger partial charge is 0.338 e. The molecule has 5 aromatic rings. The van der Waals surface area contributed by atoms with Gasteiger partial charge < -0.3 is 9.88 Å². The second-order valence-electron chi connectivity index (χ2n) is 7.47. The highest BCUT2D eigenvalue weighted by atomic mass is 32.2. The third-order valence-corrected chi connectivity index (χ3v) is 6.03. The molecule has 3 aromatic carbocycles. The normalized spacial score (nSPS) is 11.1. The topological polar surface area (TPSA) is 74.8 Å². The van der Waals surface area contributed by atoms with Crippen molar-refractivity contribution in [3.05, 3.63) is 96.1 Å². The van der Waals surface area contributed by atoms with E-state index in [-0.39, 0.29) is 11.7 Å². The average molecular weight is 440 g/mol. The molecule has 1 amide bonds. The molecule has 0 aliphatic rings. The molecular weight excluding hydrogens is 418 g/mol. The maximum Gasteiger partial charge on any atom is 0.233 e. The lowest BCUT2D eigenvalue weighted by Gasteiger charge is -2.23. The van der Waals surface area contributed by atoms with Gasteiger partial charge in [0.05, 0.1) is 5.75 Å². The van der Waals surface area contributed by atoms with Crippen molar-refractivity contribution in [3.8, 4) is 0 Å². The number of aromatic nitrogens is 4. The number of nitrogens with one attached hydrogen (secondary N) is 1. The monoisotopic (exact) mass is 439 g/mol. The first-order valence-corrected chi connectivity index (χ1v) is 11.3. The number of fused-ring (bicyclic) bond motifs is 3. The lowest BCUT2D eigenvalue weighted by molar-refractivity contribution is -0.129. The fourth-order valence-corrected chi connectivity index (χ4v) is 4.31. The molecule has 0 fully saturated rings. The molecule has 0 aliphatic carbocycles. The van der Waals surface area contributed by atoms with E-state index in [1.54, 1.807) is 0 Å². The predicted molar refractivity (Wildman–Crippen MR) is 127 cm³/mol. The quantitative estimate of drug-likeness (QED) is 0.368. The molecule has 0 bridgehead atoms. The molecule has 6 nitrogen and oxygen atoms in total. The Kier molecular flexibility index (Phi) is 5.81. The Labute approximate surface area is 189 Å². The van der Waals surface area contributed by atoms with E-state index >= 15 is 0 Å². The van der Waals surface area contributed by atoms with E-state index in [9.17, 15) is 4.79 Å². The van der Waals surface area contributed by atoms with Crippen molar-refractivity contribution >= 4 is 39.7 Å². The smallest absolute Gasteiger partial charge is 0.233 e. The van der Waals surface area contributed by atoms with Gasteiger partial charge in [-0.05, 0) is 17.2 Å². The number of aromatic amines is 1. The van der Waals surface area contributed by atoms with Crippen molar-refractivity contribution in [2.24, 2.45) is 0 Å². The van der Waals surface area contributed by atoms with Crippen LogP contribution < -0.4 is 0 Å². The van der Waals surface area contributed by atoms with Gasteiger partial charge >= 0.3 is 0 Å². The summed E-state index contributed by atoms with van der Waals surface area (Å²) in [5.74, 6) is 0.274. The minimum absolute atomic E-state index is 0.0306. The highest BCUT2D eigenvalue weighted by Gasteiger charge is 2.17. The lowest BCUT2D eigenvalue weighted by Crippen LogP contribution is -2.31. The van der Waals surface area contributed by atoms with Crippen LogP contribution in [-0.2, 0) is 17.9 Å². The zero-order chi connectivity index (χ0) is 21.8. The van der Waals surface area contributed by atoms with Crippen LogP contribution in [0.1, 0.15) is 11.1 Å². The first kappa shape index (κ1) is 20.2. The standard InChI is InChI=1S/C25H21N5OS/c31-22(30(15-18-9-3-1-4-10-18)16-19-11-5-2-6-12-19)17-32-25-27-24-23(28-29-25)20-13-7-8-14-21(20)26-24/h1-14H,15-17H2,(H,26,27,29). The van der Waals surface area contributed by atoms with Crippen molar-refractivity contribution in [1.82, 2.24) is 25.1 Å². The highest BCUT2D eigenvalue weighted by Crippen LogP contribution is 2.23. The summed E-state index contributed by atoms with van der Waals surface area (Å²) in [7, 11) is 0. The van der Waals surface area contributed by atoms with Crippen molar-refractivity contribution < 1.29 is 4.79 Å². The maximum atomic E-state index is 13.2. The summed E-state index contributed by atoms with van der Waals surface area (Å²) in [6.45, 7) is 1.10. The molecule has 0 spiro atoms. The molecule has 0 atom stereocenters. The van der Waals surface area contributed by atoms with Gasteiger partial charge in [-0.25, -0.2) is 4.98 Å². The Morgan fingerprint density at radius 1 is 0.812 bits per heavy atom. The van der Waals surface area contributed by atoms with Gasteiger partial charge in [0, 0.05) is 24.0 Å². The van der Waals surface area contributed by atoms with Gasteiger partial charge in [0.1, 0.15) is 5.52 Å². The molecule has 7 heteroatoms. The Balaban J connectivity index is 1.32. The number of carbonyl (C=O) groups excluding carboxylic acids is 1. The van der Waals surface area contributed by atoms with E-state index in [0.717, 1.165) is 27.5 Å². The molecule has 1 N–H and O–H groups in total. The first-order chi connectivity index (χ1) is 15.8. The molecule has 0 aliphatic heterocycles. The molecule has 0 saturated heterocycles. The van der Waals surface area contributed by atoms with Crippen LogP contribution in [-0.4, -0.2) is 36.7 Å². The summed E-state index contributed by atoms with van der Waals surface area (Å²) in [5, 5.41) is 10.1. The average Bonchev–Trinajstić information content (AvgIpc) is 3.21. The minimum Gasteiger partial charge on any atom is -0.338 e. The predicted octanol–water partition coefficient (Wildman–Crippen LogP) is 4.83. The van der Waals surface area contributed by atoms with Gasteiger partial charge in [-0.1, -0.05) is 90.6 Å². The molecule has 2 aromatic heterocycles. The van der Waals surface area contributed by atoms with Gasteiger partial charge in [-0.2, -0.15) is 0 Å². The van der Waals surface area contributed by atoms with E-state index in [2.05, 4.69) is 20.2 Å². The van der Waals surface area contributed by atoms with Gasteiger partial charge in [-0.15, -0.1) is 10.2 Å². The van der Waals surface area contributed by atoms with Crippen LogP contribution >= 0.6 is 11.8 Å². The Morgan fingerprint density at radius 3 is 2.12 bits per heavy atom. The van der Waals surface area contributed by atoms with Crippen LogP contribution in [0.25, 0.3) is 22.1 Å². The summed E-state index contributed by atoms with van der Waals surface area (Å²) >= 11 is 1.31. The van der Waals surface area contributed by atoms with Gasteiger partial charge in [0.2, 0.25) is 11.1 Å². The van der Waals surface area contributed by atoms with Gasteiger partial charge in [0.25, 0.3) is 0 Å². The third-order valence-electron chi connectivity index (χ3n) is 5.21. The number of carbonyl (C=O) groups is 1. The van der Waals surface area contributed by atoms with Crippen LogP contribution in [0, 0.1) is 0 Å². The molecule has 32 heavy (non-hydrogen) atoms. The van der Waals surface area contributed by atoms with Crippen LogP contribution in [0.2, 0.25) is 0 Å². The number of H-pyrrole nitrogens is 1. The zero-order valence-corrected chi connectivity index (χ0v) is 18.1. The number of para-hydroxylation sites is 1. The number of hydrogen-bond acceptors (Lipinski definition) is 5. The zero-order valence-electron chi connectivity index (χ0n) is 17.3. The van der Waals surface area contributed by atoms with Gasteiger partial charge in [0.15, 0.2) is 5.65 Å². The van der Waals surface area contributed by atoms with Crippen molar-refractivity contribution in [2.75, 3.05) is 5.75 Å². The second-order valence-corrected chi connectivity index (χ2v) is 8.41. The third kappa shape index (κ3) is 4.48. The van der Waals surface area contributed by atoms with Crippen LogP contribution in [0.4, 0.5) is 0 Å². The second kappa shape index (κ2) is 9.20. The summed E-state index contributed by atoms with van der Waals surface area (Å²) in [6, 6.07) is 28.0. The summed E-state index contributed by atoms with van der Waals surface area (Å²) in [5.41, 5.74) is 4.59. The number of rotatable bonds is 7. The number of amides is 1. The Morgan fingerprint density at radius 2 is 1.44 bits per heavy atom. The van der Waals surface area contributed by atoms with E-state index in [4.69, 9.17) is 0 Å². The Bertz CT molecular complexity index is 1310. The summed E-state index contributed by atoms with van der Waals surface area (Å²) in [4.78, 5) is 22.9. The maximum absolute atomic E-state index is 13.2. The summed E-state index contributed by atoms with van der Waals surface area (Å²) < 4.78 is 0. The fraction of sp³-hybridized carbons (Fsp3) is 0.120. The van der Waals surface area contributed by atoms with E-state index < -0.39 is 0 Å². The molecule has 0 unspecified atom stereocenters. The highest BCUT2D eigenvalue weighted by molar-refractivity contribution is 7.99. The molecule has 2 heterocycles. The van der Waals surface area contributed by atoms with Crippen LogP contribution in [0.15, 0.2) is 90.1 Å². The number of hydrogen-bond donors (Lipinski definition) is 1. The minimum atomic E-state index is 0.0306. The fourth-order valence-electron chi connectivity index (χ4n) is 3.62. The molecule has 0 radical (unpaired) electrons. The van der Waals surface area contributed by atoms with Crippen molar-refractivity contribution in [2.45, 2.75) is 18.2 Å². The molecule has 0 saturated carbocycles. The van der Waals surface area contributed by atoms with Crippen molar-refractivity contribution in [1.29, 1.82) is 0 Å². The number of nitrogens with zero attached hydrogens (tertiary/aromatic N) is 4. The number of benzene rings is 3. The SMILES string of the molecule is O=C(CSc1nnc2c(n1)[nH]c1ccccc12)N(Cc1ccccc1)Cc1ccccc1. The summed E-state index contributed by atoms with van der Waals surface area (Å²) in [6.07, 6.45) is 0. The van der Waals surface area contributed by atoms with E-state index in [1.807, 2.05) is 89.8 Å².